The first-order valence-electron chi connectivity index (χ1n) is 8.64. The highest BCUT2D eigenvalue weighted by Crippen LogP contribution is 2.41. The predicted molar refractivity (Wildman–Crippen MR) is 98.1 cm³/mol. The third-order valence-electron chi connectivity index (χ3n) is 4.95. The Morgan fingerprint density at radius 2 is 2.39 bits per heavy atom. The van der Waals surface area contributed by atoms with Crippen molar-refractivity contribution >= 4 is 11.7 Å². The fourth-order valence-corrected chi connectivity index (χ4v) is 3.37. The van der Waals surface area contributed by atoms with Gasteiger partial charge in [0.25, 0.3) is 5.91 Å². The van der Waals surface area contributed by atoms with E-state index in [4.69, 9.17) is 10.5 Å². The summed E-state index contributed by atoms with van der Waals surface area (Å²) in [6.45, 7) is 2.12. The van der Waals surface area contributed by atoms with Crippen LogP contribution in [0, 0.1) is 17.8 Å². The van der Waals surface area contributed by atoms with Crippen molar-refractivity contribution < 1.29 is 19.0 Å². The van der Waals surface area contributed by atoms with Gasteiger partial charge in [-0.25, -0.2) is 9.37 Å². The molecule has 1 aliphatic carbocycles. The average Bonchev–Trinajstić information content (AvgIpc) is 3.28. The van der Waals surface area contributed by atoms with Crippen molar-refractivity contribution in [2.24, 2.45) is 16.6 Å². The number of imidazole rings is 1. The summed E-state index contributed by atoms with van der Waals surface area (Å²) in [7, 11) is 0. The summed E-state index contributed by atoms with van der Waals surface area (Å²) in [5.41, 5.74) is 2.91. The number of rotatable bonds is 2. The number of aromatic nitrogens is 2. The molecule has 3 aliphatic rings. The van der Waals surface area contributed by atoms with Gasteiger partial charge in [0.05, 0.1) is 18.7 Å². The first kappa shape index (κ1) is 18.0. The first-order valence-corrected chi connectivity index (χ1v) is 8.64. The molecule has 1 aromatic heterocycles. The number of aliphatic hydroxyl groups is 1. The van der Waals surface area contributed by atoms with Crippen molar-refractivity contribution in [3.63, 3.8) is 0 Å². The molecule has 144 valence electrons. The molecular formula is C19H18FN5O3. The summed E-state index contributed by atoms with van der Waals surface area (Å²) in [6.07, 6.45) is 7.50. The molecule has 1 amide bonds. The lowest BCUT2D eigenvalue weighted by molar-refractivity contribution is -0.112. The molecule has 1 fully saturated rings. The maximum Gasteiger partial charge on any atom is 0.283 e. The van der Waals surface area contributed by atoms with Gasteiger partial charge in [-0.15, -0.1) is 0 Å². The van der Waals surface area contributed by atoms with Crippen LogP contribution in [-0.4, -0.2) is 45.5 Å². The third-order valence-corrected chi connectivity index (χ3v) is 4.95. The van der Waals surface area contributed by atoms with E-state index in [0.29, 0.717) is 18.9 Å². The SMILES string of the molecule is CC(O)(C#CC1=C(F)C=C2OCC3CN=C(C(N)=O)NC23C=C1)c1ncc[nH]1. The Morgan fingerprint density at radius 1 is 1.57 bits per heavy atom. The molecule has 8 nitrogen and oxygen atoms in total. The van der Waals surface area contributed by atoms with Crippen LogP contribution in [0.5, 0.6) is 0 Å². The molecule has 0 saturated carbocycles. The van der Waals surface area contributed by atoms with Crippen LogP contribution in [0.3, 0.4) is 0 Å². The number of nitrogens with one attached hydrogen (secondary N) is 2. The summed E-state index contributed by atoms with van der Waals surface area (Å²) < 4.78 is 20.5. The van der Waals surface area contributed by atoms with E-state index >= 15 is 0 Å². The van der Waals surface area contributed by atoms with E-state index < -0.39 is 22.9 Å². The molecule has 3 unspecified atom stereocenters. The van der Waals surface area contributed by atoms with Crippen LogP contribution < -0.4 is 11.1 Å². The number of aromatic amines is 1. The number of primary amides is 1. The molecule has 0 radical (unpaired) electrons. The van der Waals surface area contributed by atoms with Gasteiger partial charge in [0.1, 0.15) is 17.1 Å². The second-order valence-electron chi connectivity index (χ2n) is 6.92. The number of nitrogens with zero attached hydrogens (tertiary/aromatic N) is 2. The lowest BCUT2D eigenvalue weighted by Crippen LogP contribution is -2.58. The van der Waals surface area contributed by atoms with Crippen molar-refractivity contribution in [2.75, 3.05) is 13.2 Å². The molecule has 5 N–H and O–H groups in total. The topological polar surface area (TPSA) is 126 Å². The monoisotopic (exact) mass is 383 g/mol. The summed E-state index contributed by atoms with van der Waals surface area (Å²) in [5.74, 6) is 4.47. The first-order chi connectivity index (χ1) is 13.3. The minimum Gasteiger partial charge on any atom is -0.494 e. The number of nitrogens with two attached hydrogens (primary N) is 1. The number of hydrogen-bond donors (Lipinski definition) is 4. The van der Waals surface area contributed by atoms with Gasteiger partial charge in [0, 0.05) is 24.4 Å². The highest BCUT2D eigenvalue weighted by Gasteiger charge is 2.51. The second-order valence-corrected chi connectivity index (χ2v) is 6.92. The minimum atomic E-state index is -1.58. The van der Waals surface area contributed by atoms with E-state index in [9.17, 15) is 14.3 Å². The summed E-state index contributed by atoms with van der Waals surface area (Å²) in [6, 6.07) is 0. The van der Waals surface area contributed by atoms with E-state index in [0.717, 1.165) is 0 Å². The Labute approximate surface area is 160 Å². The van der Waals surface area contributed by atoms with Crippen LogP contribution in [0.25, 0.3) is 0 Å². The highest BCUT2D eigenvalue weighted by atomic mass is 19.1. The molecule has 28 heavy (non-hydrogen) atoms. The fourth-order valence-electron chi connectivity index (χ4n) is 3.37. The van der Waals surface area contributed by atoms with Gasteiger partial charge in [-0.1, -0.05) is 11.8 Å². The molecule has 9 heteroatoms. The van der Waals surface area contributed by atoms with Gasteiger partial charge in [-0.05, 0) is 19.1 Å². The van der Waals surface area contributed by atoms with Crippen molar-refractivity contribution in [1.82, 2.24) is 15.3 Å². The van der Waals surface area contributed by atoms with Crippen LogP contribution in [0.2, 0.25) is 0 Å². The molecule has 3 heterocycles. The van der Waals surface area contributed by atoms with Crippen molar-refractivity contribution in [3.05, 3.63) is 53.6 Å². The number of halogens is 1. The number of carbonyl (C=O) groups is 1. The van der Waals surface area contributed by atoms with Crippen LogP contribution in [0.15, 0.2) is 52.8 Å². The zero-order valence-corrected chi connectivity index (χ0v) is 15.0. The number of hydrogen-bond acceptors (Lipinski definition) is 6. The maximum absolute atomic E-state index is 14.8. The van der Waals surface area contributed by atoms with E-state index in [-0.39, 0.29) is 23.2 Å². The van der Waals surface area contributed by atoms with Gasteiger partial charge < -0.3 is 25.9 Å². The zero-order chi connectivity index (χ0) is 19.9. The van der Waals surface area contributed by atoms with Crippen LogP contribution >= 0.6 is 0 Å². The Hall–Kier alpha value is -3.38. The van der Waals surface area contributed by atoms with Gasteiger partial charge >= 0.3 is 0 Å². The highest BCUT2D eigenvalue weighted by molar-refractivity contribution is 6.37. The molecular weight excluding hydrogens is 365 g/mol. The van der Waals surface area contributed by atoms with E-state index in [2.05, 4.69) is 32.1 Å². The predicted octanol–water partition coefficient (Wildman–Crippen LogP) is 0.170. The Balaban J connectivity index is 1.69. The Bertz CT molecular complexity index is 1010. The molecule has 1 saturated heterocycles. The van der Waals surface area contributed by atoms with Crippen LogP contribution in [0.1, 0.15) is 12.7 Å². The number of aliphatic imine (C=N–C) groups is 1. The van der Waals surface area contributed by atoms with Gasteiger partial charge in [-0.2, -0.15) is 0 Å². The fraction of sp³-hybridized carbons (Fsp3) is 0.316. The minimum absolute atomic E-state index is 0.0213. The molecule has 3 atom stereocenters. The average molecular weight is 383 g/mol. The summed E-state index contributed by atoms with van der Waals surface area (Å²) in [5, 5.41) is 13.4. The molecule has 1 aromatic rings. The van der Waals surface area contributed by atoms with Crippen LogP contribution in [0.4, 0.5) is 4.39 Å². The lowest BCUT2D eigenvalue weighted by atomic mass is 9.82. The Morgan fingerprint density at radius 3 is 3.11 bits per heavy atom. The molecule has 2 aliphatic heterocycles. The lowest BCUT2D eigenvalue weighted by Gasteiger charge is -2.35. The number of H-pyrrole nitrogens is 1. The smallest absolute Gasteiger partial charge is 0.283 e. The maximum atomic E-state index is 14.8. The van der Waals surface area contributed by atoms with E-state index in [1.807, 2.05) is 0 Å². The number of allylic oxidation sites excluding steroid dienone is 4. The molecule has 0 bridgehead atoms. The number of amidine groups is 1. The van der Waals surface area contributed by atoms with Gasteiger partial charge in [-0.3, -0.25) is 9.79 Å². The quantitative estimate of drug-likeness (QED) is 0.542. The van der Waals surface area contributed by atoms with Crippen molar-refractivity contribution in [2.45, 2.75) is 18.1 Å². The largest absolute Gasteiger partial charge is 0.494 e. The Kier molecular flexibility index (Phi) is 4.08. The normalized spacial score (nSPS) is 27.6. The van der Waals surface area contributed by atoms with E-state index in [1.54, 1.807) is 12.3 Å². The van der Waals surface area contributed by atoms with Gasteiger partial charge in [0.2, 0.25) is 0 Å². The number of amides is 1. The summed E-state index contributed by atoms with van der Waals surface area (Å²) in [4.78, 5) is 22.5. The number of ether oxygens (including phenoxy) is 1. The van der Waals surface area contributed by atoms with Crippen LogP contribution in [-0.2, 0) is 15.1 Å². The van der Waals surface area contributed by atoms with Crippen molar-refractivity contribution in [1.29, 1.82) is 0 Å². The summed E-state index contributed by atoms with van der Waals surface area (Å²) >= 11 is 0. The zero-order valence-electron chi connectivity index (χ0n) is 15.0. The standard InChI is InChI=1S/C19H18FN5O3/c1-18(27,17-22-6-7-23-17)4-2-11-3-5-19-12(9-24-16(25-19)15(21)26)10-28-14(19)8-13(11)20/h3,5-8,12,27H,9-10H2,1H3,(H2,21,26)(H,22,23)(H,24,25). The van der Waals surface area contributed by atoms with Crippen molar-refractivity contribution in [3.8, 4) is 11.8 Å². The number of carbonyl (C=O) groups excluding carboxylic acids is 1. The molecule has 4 rings (SSSR count). The molecule has 1 spiro atoms. The second kappa shape index (κ2) is 6.35. The van der Waals surface area contributed by atoms with E-state index in [1.165, 1.54) is 25.3 Å². The molecule has 0 aromatic carbocycles. The van der Waals surface area contributed by atoms with Gasteiger partial charge in [0.15, 0.2) is 17.3 Å². The third kappa shape index (κ3) is 2.88.